The molecule has 0 unspecified atom stereocenters. The Hall–Kier alpha value is -2.46. The van der Waals surface area contributed by atoms with E-state index in [1.165, 1.54) is 19.8 Å². The van der Waals surface area contributed by atoms with Crippen molar-refractivity contribution in [2.45, 2.75) is 89.4 Å². The first-order valence-corrected chi connectivity index (χ1v) is 14.1. The summed E-state index contributed by atoms with van der Waals surface area (Å²) >= 11 is 0. The smallest absolute Gasteiger partial charge is 0.328 e. The zero-order valence-electron chi connectivity index (χ0n) is 23.5. The molecule has 2 aliphatic rings. The number of likely N-dealkylation sites (tertiary alicyclic amines) is 1. The standard InChI is InChI=1S/C28H46FN5O4/c1-20-10-11-21(2)34(20)28(36)32-25(27(35)38-4)14-17-33(19-24(18-29)37-3)16-6-5-9-23-13-12-22-8-7-15-30-26(22)31-23/h12-13,20-21,24-25H,5-11,14-19H2,1-4H3,(H,30,31)(H,32,36)/t20-,21-,24-,25+/m1/s1. The van der Waals surface area contributed by atoms with Crippen LogP contribution in [0.1, 0.15) is 63.6 Å². The van der Waals surface area contributed by atoms with E-state index in [0.717, 1.165) is 69.5 Å². The molecule has 9 nitrogen and oxygen atoms in total. The summed E-state index contributed by atoms with van der Waals surface area (Å²) in [6.07, 6.45) is 6.65. The minimum Gasteiger partial charge on any atom is -0.467 e. The third-order valence-electron chi connectivity index (χ3n) is 7.78. The van der Waals surface area contributed by atoms with Gasteiger partial charge in [0.25, 0.3) is 0 Å². The second-order valence-electron chi connectivity index (χ2n) is 10.6. The maximum Gasteiger partial charge on any atom is 0.328 e. The number of hydrogen-bond acceptors (Lipinski definition) is 7. The number of fused-ring (bicyclic) bond motifs is 1. The summed E-state index contributed by atoms with van der Waals surface area (Å²) in [7, 11) is 2.84. The number of aryl methyl sites for hydroxylation is 2. The molecule has 3 heterocycles. The molecule has 1 fully saturated rings. The molecule has 2 amide bonds. The van der Waals surface area contributed by atoms with Crippen molar-refractivity contribution in [3.8, 4) is 0 Å². The number of nitrogens with zero attached hydrogens (tertiary/aromatic N) is 3. The first kappa shape index (κ1) is 30.1. The Morgan fingerprint density at radius 1 is 1.21 bits per heavy atom. The Morgan fingerprint density at radius 2 is 1.97 bits per heavy atom. The molecule has 1 aromatic heterocycles. The highest BCUT2D eigenvalue weighted by Crippen LogP contribution is 2.24. The highest BCUT2D eigenvalue weighted by molar-refractivity contribution is 5.84. The minimum atomic E-state index is -0.770. The summed E-state index contributed by atoms with van der Waals surface area (Å²) in [5.74, 6) is 0.536. The second-order valence-corrected chi connectivity index (χ2v) is 10.6. The Kier molecular flexibility index (Phi) is 12.0. The number of alkyl halides is 1. The van der Waals surface area contributed by atoms with E-state index in [4.69, 9.17) is 14.5 Å². The second kappa shape index (κ2) is 15.2. The first-order chi connectivity index (χ1) is 18.4. The van der Waals surface area contributed by atoms with Gasteiger partial charge in [0.2, 0.25) is 0 Å². The molecule has 4 atom stereocenters. The van der Waals surface area contributed by atoms with Crippen molar-refractivity contribution in [3.05, 3.63) is 23.4 Å². The van der Waals surface area contributed by atoms with E-state index in [-0.39, 0.29) is 18.1 Å². The molecule has 2 aliphatic heterocycles. The summed E-state index contributed by atoms with van der Waals surface area (Å²) < 4.78 is 23.7. The fourth-order valence-electron chi connectivity index (χ4n) is 5.44. The first-order valence-electron chi connectivity index (χ1n) is 14.1. The van der Waals surface area contributed by atoms with Crippen LogP contribution in [0, 0.1) is 0 Å². The molecule has 0 bridgehead atoms. The van der Waals surface area contributed by atoms with Crippen molar-refractivity contribution < 1.29 is 23.5 Å². The van der Waals surface area contributed by atoms with Crippen LogP contribution in [0.25, 0.3) is 0 Å². The molecular weight excluding hydrogens is 489 g/mol. The summed E-state index contributed by atoms with van der Waals surface area (Å²) in [6, 6.07) is 3.54. The van der Waals surface area contributed by atoms with E-state index in [2.05, 4.69) is 27.7 Å². The molecule has 1 aromatic rings. The largest absolute Gasteiger partial charge is 0.467 e. The average molecular weight is 536 g/mol. The van der Waals surface area contributed by atoms with Gasteiger partial charge in [-0.2, -0.15) is 0 Å². The SMILES string of the molecule is COC(=O)[C@H](CCN(CCCCc1ccc2c(n1)NCCC2)C[C@@H](CF)OC)NC(=O)N1[C@H](C)CC[C@H]1C. The lowest BCUT2D eigenvalue weighted by molar-refractivity contribution is -0.143. The van der Waals surface area contributed by atoms with Gasteiger partial charge in [-0.25, -0.2) is 19.0 Å². The predicted molar refractivity (Wildman–Crippen MR) is 146 cm³/mol. The highest BCUT2D eigenvalue weighted by atomic mass is 19.1. The van der Waals surface area contributed by atoms with Gasteiger partial charge >= 0.3 is 12.0 Å². The molecule has 0 saturated carbocycles. The minimum absolute atomic E-state index is 0.132. The van der Waals surface area contributed by atoms with E-state index in [9.17, 15) is 14.0 Å². The van der Waals surface area contributed by atoms with Gasteiger partial charge in [0.05, 0.1) is 13.2 Å². The van der Waals surface area contributed by atoms with Crippen LogP contribution in [0.3, 0.4) is 0 Å². The third kappa shape index (κ3) is 8.53. The molecule has 2 N–H and O–H groups in total. The molecule has 0 spiro atoms. The monoisotopic (exact) mass is 535 g/mol. The predicted octanol–water partition coefficient (Wildman–Crippen LogP) is 3.56. The van der Waals surface area contributed by atoms with Gasteiger partial charge in [0.15, 0.2) is 0 Å². The van der Waals surface area contributed by atoms with Crippen molar-refractivity contribution in [1.29, 1.82) is 0 Å². The summed E-state index contributed by atoms with van der Waals surface area (Å²) in [6.45, 7) is 6.08. The number of amides is 2. The van der Waals surface area contributed by atoms with Crippen LogP contribution in [0.15, 0.2) is 12.1 Å². The normalized spacial score (nSPS) is 20.5. The van der Waals surface area contributed by atoms with E-state index < -0.39 is 24.8 Å². The van der Waals surface area contributed by atoms with Gasteiger partial charge in [-0.1, -0.05) is 6.07 Å². The number of hydrogen-bond donors (Lipinski definition) is 2. The van der Waals surface area contributed by atoms with Crippen LogP contribution in [0.5, 0.6) is 0 Å². The number of rotatable bonds is 14. The van der Waals surface area contributed by atoms with Crippen molar-refractivity contribution in [3.63, 3.8) is 0 Å². The summed E-state index contributed by atoms with van der Waals surface area (Å²) in [4.78, 5) is 34.2. The molecule has 0 aliphatic carbocycles. The van der Waals surface area contributed by atoms with Gasteiger partial charge in [0.1, 0.15) is 18.5 Å². The van der Waals surface area contributed by atoms with E-state index in [1.54, 1.807) is 0 Å². The number of unbranched alkanes of at least 4 members (excludes halogenated alkanes) is 1. The zero-order valence-corrected chi connectivity index (χ0v) is 23.5. The van der Waals surface area contributed by atoms with E-state index in [0.29, 0.717) is 19.5 Å². The van der Waals surface area contributed by atoms with Gasteiger partial charge in [0, 0.05) is 44.5 Å². The maximum atomic E-state index is 13.5. The van der Waals surface area contributed by atoms with Crippen LogP contribution >= 0.6 is 0 Å². The third-order valence-corrected chi connectivity index (χ3v) is 7.78. The maximum absolute atomic E-state index is 13.5. The number of halogens is 1. The van der Waals surface area contributed by atoms with E-state index in [1.807, 2.05) is 18.7 Å². The highest BCUT2D eigenvalue weighted by Gasteiger charge is 2.34. The number of methoxy groups -OCH3 is 2. The van der Waals surface area contributed by atoms with Gasteiger partial charge in [-0.15, -0.1) is 0 Å². The van der Waals surface area contributed by atoms with Crippen LogP contribution in [0.2, 0.25) is 0 Å². The quantitative estimate of drug-likeness (QED) is 0.278. The Bertz CT molecular complexity index is 890. The lowest BCUT2D eigenvalue weighted by Crippen LogP contribution is -2.52. The van der Waals surface area contributed by atoms with Crippen molar-refractivity contribution in [2.24, 2.45) is 0 Å². The number of pyridine rings is 1. The molecular formula is C28H46FN5O4. The lowest BCUT2D eigenvalue weighted by Gasteiger charge is -2.30. The van der Waals surface area contributed by atoms with Gasteiger partial charge < -0.3 is 29.9 Å². The van der Waals surface area contributed by atoms with Gasteiger partial charge in [-0.3, -0.25) is 0 Å². The lowest BCUT2D eigenvalue weighted by atomic mass is 10.1. The number of aromatic nitrogens is 1. The fraction of sp³-hybridized carbons (Fsp3) is 0.750. The Morgan fingerprint density at radius 3 is 2.66 bits per heavy atom. The van der Waals surface area contributed by atoms with Crippen LogP contribution in [0.4, 0.5) is 15.0 Å². The topological polar surface area (TPSA) is 96.0 Å². The van der Waals surface area contributed by atoms with Crippen molar-refractivity contribution >= 4 is 17.8 Å². The summed E-state index contributed by atoms with van der Waals surface area (Å²) in [5.41, 5.74) is 2.35. The number of anilines is 1. The number of urea groups is 1. The summed E-state index contributed by atoms with van der Waals surface area (Å²) in [5, 5.41) is 6.27. The Balaban J connectivity index is 1.54. The van der Waals surface area contributed by atoms with Crippen LogP contribution in [-0.4, -0.2) is 98.1 Å². The van der Waals surface area contributed by atoms with Crippen LogP contribution in [-0.2, 0) is 27.1 Å². The molecule has 1 saturated heterocycles. The molecule has 0 aromatic carbocycles. The van der Waals surface area contributed by atoms with E-state index >= 15 is 0 Å². The zero-order chi connectivity index (χ0) is 27.5. The van der Waals surface area contributed by atoms with Crippen LogP contribution < -0.4 is 10.6 Å². The van der Waals surface area contributed by atoms with Gasteiger partial charge in [-0.05, 0) is 83.4 Å². The van der Waals surface area contributed by atoms with Crippen molar-refractivity contribution in [2.75, 3.05) is 52.4 Å². The molecule has 214 valence electrons. The molecule has 3 rings (SSSR count). The Labute approximate surface area is 226 Å². The fourth-order valence-corrected chi connectivity index (χ4v) is 5.44. The molecule has 0 radical (unpaired) electrons. The number of ether oxygens (including phenoxy) is 2. The number of carbonyl (C=O) groups is 2. The average Bonchev–Trinajstić information content (AvgIpc) is 3.28. The van der Waals surface area contributed by atoms with Crippen molar-refractivity contribution in [1.82, 2.24) is 20.1 Å². The number of esters is 1. The number of nitrogens with one attached hydrogen (secondary N) is 2. The molecule has 38 heavy (non-hydrogen) atoms. The number of carbonyl (C=O) groups excluding carboxylic acids is 2. The molecule has 10 heteroatoms.